The Bertz CT molecular complexity index is 271. The van der Waals surface area contributed by atoms with Crippen molar-refractivity contribution in [1.82, 2.24) is 0 Å². The van der Waals surface area contributed by atoms with Gasteiger partial charge in [-0.05, 0) is 6.42 Å². The van der Waals surface area contributed by atoms with Crippen molar-refractivity contribution in [3.8, 4) is 0 Å². The molecule has 0 radical (unpaired) electrons. The van der Waals surface area contributed by atoms with Crippen LogP contribution >= 0.6 is 11.6 Å². The number of esters is 2. The van der Waals surface area contributed by atoms with Crippen molar-refractivity contribution >= 4 is 23.5 Å². The molecule has 3 atom stereocenters. The number of ether oxygens (including phenoxy) is 1. The van der Waals surface area contributed by atoms with Crippen LogP contribution in [0.25, 0.3) is 0 Å². The van der Waals surface area contributed by atoms with Gasteiger partial charge in [-0.1, -0.05) is 12.2 Å². The molecule has 12 heavy (non-hydrogen) atoms. The van der Waals surface area contributed by atoms with Gasteiger partial charge in [-0.15, -0.1) is 11.6 Å². The largest absolute Gasteiger partial charge is 0.392 e. The molecule has 0 spiro atoms. The molecule has 1 heterocycles. The van der Waals surface area contributed by atoms with Crippen molar-refractivity contribution in [2.45, 2.75) is 11.8 Å². The Morgan fingerprint density at radius 2 is 2.17 bits per heavy atom. The van der Waals surface area contributed by atoms with Gasteiger partial charge < -0.3 is 4.74 Å². The molecule has 2 rings (SSSR count). The Balaban J connectivity index is 2.34. The number of carbonyl (C=O) groups is 2. The van der Waals surface area contributed by atoms with Gasteiger partial charge in [0, 0.05) is 0 Å². The lowest BCUT2D eigenvalue weighted by atomic mass is 9.86. The second-order valence-corrected chi connectivity index (χ2v) is 3.53. The maximum absolute atomic E-state index is 11.1. The molecule has 1 aliphatic carbocycles. The summed E-state index contributed by atoms with van der Waals surface area (Å²) in [4.78, 5) is 22.1. The summed E-state index contributed by atoms with van der Waals surface area (Å²) in [6.07, 6.45) is 4.15. The van der Waals surface area contributed by atoms with E-state index in [-0.39, 0.29) is 5.38 Å². The third kappa shape index (κ3) is 0.966. The van der Waals surface area contributed by atoms with Gasteiger partial charge >= 0.3 is 11.9 Å². The number of halogens is 1. The van der Waals surface area contributed by atoms with E-state index in [1.54, 1.807) is 6.08 Å². The van der Waals surface area contributed by atoms with Crippen LogP contribution in [0.2, 0.25) is 0 Å². The molecule has 0 aromatic heterocycles. The van der Waals surface area contributed by atoms with E-state index >= 15 is 0 Å². The van der Waals surface area contributed by atoms with Crippen molar-refractivity contribution in [2.24, 2.45) is 11.8 Å². The number of hydrogen-bond acceptors (Lipinski definition) is 3. The summed E-state index contributed by atoms with van der Waals surface area (Å²) in [5.74, 6) is -1.83. The lowest BCUT2D eigenvalue weighted by molar-refractivity contribution is -0.153. The van der Waals surface area contributed by atoms with Crippen LogP contribution in [0, 0.1) is 11.8 Å². The Morgan fingerprint density at radius 1 is 1.42 bits per heavy atom. The maximum Gasteiger partial charge on any atom is 0.321 e. The number of alkyl halides is 1. The zero-order valence-electron chi connectivity index (χ0n) is 6.20. The summed E-state index contributed by atoms with van der Waals surface area (Å²) < 4.78 is 4.47. The minimum absolute atomic E-state index is 0.293. The molecule has 0 aromatic rings. The van der Waals surface area contributed by atoms with Crippen LogP contribution in [-0.4, -0.2) is 17.3 Å². The van der Waals surface area contributed by atoms with E-state index in [0.717, 1.165) is 0 Å². The van der Waals surface area contributed by atoms with Crippen molar-refractivity contribution in [2.75, 3.05) is 0 Å². The molecule has 0 saturated carbocycles. The summed E-state index contributed by atoms with van der Waals surface area (Å²) in [6.45, 7) is 0. The van der Waals surface area contributed by atoms with E-state index in [1.807, 2.05) is 6.08 Å². The highest BCUT2D eigenvalue weighted by atomic mass is 35.5. The lowest BCUT2D eigenvalue weighted by Crippen LogP contribution is -2.28. The molecular weight excluding hydrogens is 180 g/mol. The van der Waals surface area contributed by atoms with Crippen LogP contribution in [0.15, 0.2) is 12.2 Å². The molecule has 2 aliphatic rings. The van der Waals surface area contributed by atoms with Crippen LogP contribution in [0.4, 0.5) is 0 Å². The van der Waals surface area contributed by atoms with Gasteiger partial charge in [0.25, 0.3) is 0 Å². The summed E-state index contributed by atoms with van der Waals surface area (Å²) in [6, 6.07) is 0. The van der Waals surface area contributed by atoms with Gasteiger partial charge in [0.05, 0.1) is 17.2 Å². The molecular formula is C8H7ClO3. The Hall–Kier alpha value is -0.830. The van der Waals surface area contributed by atoms with Gasteiger partial charge in [0.1, 0.15) is 0 Å². The molecule has 0 amide bonds. The number of rotatable bonds is 0. The smallest absolute Gasteiger partial charge is 0.321 e. The third-order valence-electron chi connectivity index (χ3n) is 2.23. The zero-order chi connectivity index (χ0) is 8.72. The normalized spacial score (nSPS) is 39.6. The fourth-order valence-corrected chi connectivity index (χ4v) is 1.96. The number of carbonyl (C=O) groups excluding carboxylic acids is 2. The number of cyclic esters (lactones) is 2. The number of allylic oxidation sites excluding steroid dienone is 1. The monoisotopic (exact) mass is 186 g/mol. The van der Waals surface area contributed by atoms with E-state index in [1.165, 1.54) is 0 Å². The first-order chi connectivity index (χ1) is 5.70. The number of fused-ring (bicyclic) bond motifs is 1. The minimum Gasteiger partial charge on any atom is -0.392 e. The second kappa shape index (κ2) is 2.59. The average Bonchev–Trinajstić information content (AvgIpc) is 2.29. The van der Waals surface area contributed by atoms with Gasteiger partial charge in [0.15, 0.2) is 0 Å². The summed E-state index contributed by atoms with van der Waals surface area (Å²) >= 11 is 5.87. The summed E-state index contributed by atoms with van der Waals surface area (Å²) in [5.41, 5.74) is 0. The standard InChI is InChI=1S/C8H7ClO3/c9-5-3-1-2-4-6(5)8(11)12-7(4)10/h1-2,4-6H,3H2. The first-order valence-corrected chi connectivity index (χ1v) is 4.20. The highest BCUT2D eigenvalue weighted by Crippen LogP contribution is 2.35. The van der Waals surface area contributed by atoms with E-state index < -0.39 is 23.8 Å². The molecule has 0 bridgehead atoms. The zero-order valence-corrected chi connectivity index (χ0v) is 6.95. The first-order valence-electron chi connectivity index (χ1n) is 3.76. The van der Waals surface area contributed by atoms with Gasteiger partial charge in [-0.25, -0.2) is 0 Å². The van der Waals surface area contributed by atoms with Gasteiger partial charge in [-0.3, -0.25) is 9.59 Å². The average molecular weight is 187 g/mol. The molecule has 3 nitrogen and oxygen atoms in total. The molecule has 1 fully saturated rings. The fraction of sp³-hybridized carbons (Fsp3) is 0.500. The summed E-state index contributed by atoms with van der Waals surface area (Å²) in [7, 11) is 0. The number of hydrogen-bond donors (Lipinski definition) is 0. The van der Waals surface area contributed by atoms with Crippen LogP contribution in [0.5, 0.6) is 0 Å². The van der Waals surface area contributed by atoms with Crippen LogP contribution < -0.4 is 0 Å². The topological polar surface area (TPSA) is 43.4 Å². The van der Waals surface area contributed by atoms with E-state index in [4.69, 9.17) is 11.6 Å². The Labute approximate surface area is 74.3 Å². The predicted molar refractivity (Wildman–Crippen MR) is 41.5 cm³/mol. The molecule has 1 aliphatic heterocycles. The fourth-order valence-electron chi connectivity index (χ4n) is 1.60. The van der Waals surface area contributed by atoms with E-state index in [2.05, 4.69) is 4.74 Å². The lowest BCUT2D eigenvalue weighted by Gasteiger charge is -2.18. The highest BCUT2D eigenvalue weighted by molar-refractivity contribution is 6.23. The quantitative estimate of drug-likeness (QED) is 0.244. The third-order valence-corrected chi connectivity index (χ3v) is 2.68. The van der Waals surface area contributed by atoms with E-state index in [9.17, 15) is 9.59 Å². The van der Waals surface area contributed by atoms with E-state index in [0.29, 0.717) is 6.42 Å². The second-order valence-electron chi connectivity index (χ2n) is 2.97. The molecule has 0 aromatic carbocycles. The minimum atomic E-state index is -0.477. The van der Waals surface area contributed by atoms with Crippen LogP contribution in [0.1, 0.15) is 6.42 Å². The highest BCUT2D eigenvalue weighted by Gasteiger charge is 2.47. The Morgan fingerprint density at radius 3 is 2.83 bits per heavy atom. The molecule has 3 unspecified atom stereocenters. The van der Waals surface area contributed by atoms with Gasteiger partial charge in [-0.2, -0.15) is 0 Å². The predicted octanol–water partition coefficient (Wildman–Crippen LogP) is 0.869. The Kier molecular flexibility index (Phi) is 1.68. The molecule has 0 N–H and O–H groups in total. The molecule has 1 saturated heterocycles. The molecule has 64 valence electrons. The summed E-state index contributed by atoms with van der Waals surface area (Å²) in [5, 5.41) is -0.293. The SMILES string of the molecule is O=C1OC(=O)C2C(Cl)CC=CC12. The maximum atomic E-state index is 11.1. The van der Waals surface area contributed by atoms with Crippen LogP contribution in [-0.2, 0) is 14.3 Å². The van der Waals surface area contributed by atoms with Crippen molar-refractivity contribution in [3.63, 3.8) is 0 Å². The van der Waals surface area contributed by atoms with Crippen molar-refractivity contribution in [3.05, 3.63) is 12.2 Å². The molecule has 4 heteroatoms. The van der Waals surface area contributed by atoms with Gasteiger partial charge in [0.2, 0.25) is 0 Å². The first kappa shape index (κ1) is 7.80. The van der Waals surface area contributed by atoms with Crippen molar-refractivity contribution < 1.29 is 14.3 Å². The van der Waals surface area contributed by atoms with Crippen LogP contribution in [0.3, 0.4) is 0 Å². The van der Waals surface area contributed by atoms with Crippen molar-refractivity contribution in [1.29, 1.82) is 0 Å².